The van der Waals surface area contributed by atoms with Crippen LogP contribution in [0.2, 0.25) is 5.02 Å². The van der Waals surface area contributed by atoms with E-state index in [-0.39, 0.29) is 36.8 Å². The second-order valence-corrected chi connectivity index (χ2v) is 9.35. The minimum absolute atomic E-state index is 0.0539. The van der Waals surface area contributed by atoms with Crippen molar-refractivity contribution in [2.45, 2.75) is 57.7 Å². The van der Waals surface area contributed by atoms with Gasteiger partial charge in [0.25, 0.3) is 5.56 Å². The number of rotatable bonds is 9. The number of benzene rings is 2. The number of carbonyl (C=O) groups excluding carboxylic acids is 2. The van der Waals surface area contributed by atoms with E-state index in [1.165, 1.54) is 10.6 Å². The summed E-state index contributed by atoms with van der Waals surface area (Å²) in [6, 6.07) is 11.6. The SMILES string of the molecule is COc1ccc(NC(=O)Cn2c(=O)n(CCCC(=O)NC3CCCC3)c(=O)c3cc(Cl)ccc32)cc1. The summed E-state index contributed by atoms with van der Waals surface area (Å²) in [4.78, 5) is 51.5. The molecule has 1 aromatic heterocycles. The highest BCUT2D eigenvalue weighted by Gasteiger charge is 2.18. The predicted molar refractivity (Wildman–Crippen MR) is 139 cm³/mol. The number of nitrogens with one attached hydrogen (secondary N) is 2. The third-order valence-electron chi connectivity index (χ3n) is 6.37. The number of methoxy groups -OCH3 is 1. The first-order valence-electron chi connectivity index (χ1n) is 12.0. The lowest BCUT2D eigenvalue weighted by atomic mass is 10.2. The standard InChI is InChI=1S/C26H29ClN4O5/c1-36-20-11-9-19(10-12-20)29-24(33)16-31-22-13-8-17(27)15-21(22)25(34)30(26(31)35)14-4-7-23(32)28-18-5-2-3-6-18/h8-13,15,18H,2-7,14,16H2,1H3,(H,28,32)(H,29,33). The van der Waals surface area contributed by atoms with Gasteiger partial charge in [-0.25, -0.2) is 4.79 Å². The first-order valence-corrected chi connectivity index (χ1v) is 12.4. The van der Waals surface area contributed by atoms with Crippen LogP contribution in [0, 0.1) is 0 Å². The number of halogens is 1. The quantitative estimate of drug-likeness (QED) is 0.457. The molecule has 9 nitrogen and oxygen atoms in total. The molecule has 0 radical (unpaired) electrons. The van der Waals surface area contributed by atoms with Crippen LogP contribution in [0.4, 0.5) is 5.69 Å². The molecule has 1 fully saturated rings. The second kappa shape index (κ2) is 11.4. The van der Waals surface area contributed by atoms with Crippen molar-refractivity contribution in [2.75, 3.05) is 12.4 Å². The van der Waals surface area contributed by atoms with Crippen LogP contribution in [-0.4, -0.2) is 34.1 Å². The topological polar surface area (TPSA) is 111 Å². The monoisotopic (exact) mass is 512 g/mol. The van der Waals surface area contributed by atoms with Crippen LogP contribution in [0.25, 0.3) is 10.9 Å². The maximum Gasteiger partial charge on any atom is 0.331 e. The number of amides is 2. The zero-order valence-corrected chi connectivity index (χ0v) is 20.8. The Labute approximate surface area is 213 Å². The van der Waals surface area contributed by atoms with Gasteiger partial charge in [0.05, 0.1) is 18.0 Å². The van der Waals surface area contributed by atoms with Crippen molar-refractivity contribution >= 4 is 40.0 Å². The molecular weight excluding hydrogens is 484 g/mol. The number of hydrogen-bond acceptors (Lipinski definition) is 5. The highest BCUT2D eigenvalue weighted by molar-refractivity contribution is 6.31. The van der Waals surface area contributed by atoms with E-state index in [1.54, 1.807) is 43.5 Å². The fraction of sp³-hybridized carbons (Fsp3) is 0.385. The molecule has 0 unspecified atom stereocenters. The molecule has 0 spiro atoms. The van der Waals surface area contributed by atoms with Gasteiger partial charge in [0.15, 0.2) is 0 Å². The van der Waals surface area contributed by atoms with Gasteiger partial charge in [0, 0.05) is 29.7 Å². The number of fused-ring (bicyclic) bond motifs is 1. The smallest absolute Gasteiger partial charge is 0.331 e. The molecular formula is C26H29ClN4O5. The number of nitrogens with zero attached hydrogens (tertiary/aromatic N) is 2. The lowest BCUT2D eigenvalue weighted by Gasteiger charge is -2.15. The summed E-state index contributed by atoms with van der Waals surface area (Å²) >= 11 is 6.12. The maximum absolute atomic E-state index is 13.3. The van der Waals surface area contributed by atoms with E-state index in [0.717, 1.165) is 30.3 Å². The molecule has 190 valence electrons. The van der Waals surface area contributed by atoms with Crippen LogP contribution >= 0.6 is 11.6 Å². The molecule has 2 aromatic carbocycles. The number of hydrogen-bond donors (Lipinski definition) is 2. The zero-order chi connectivity index (χ0) is 25.7. The van der Waals surface area contributed by atoms with Crippen molar-refractivity contribution < 1.29 is 14.3 Å². The first kappa shape index (κ1) is 25.5. The van der Waals surface area contributed by atoms with Crippen molar-refractivity contribution in [3.05, 3.63) is 68.3 Å². The van der Waals surface area contributed by atoms with E-state index in [1.807, 2.05) is 0 Å². The zero-order valence-electron chi connectivity index (χ0n) is 20.1. The third kappa shape index (κ3) is 5.96. The van der Waals surface area contributed by atoms with Gasteiger partial charge in [0.1, 0.15) is 12.3 Å². The highest BCUT2D eigenvalue weighted by atomic mass is 35.5. The Balaban J connectivity index is 1.54. The normalized spacial score (nSPS) is 13.6. The average molecular weight is 513 g/mol. The van der Waals surface area contributed by atoms with Gasteiger partial charge in [-0.2, -0.15) is 0 Å². The van der Waals surface area contributed by atoms with Crippen LogP contribution < -0.4 is 26.6 Å². The molecule has 2 N–H and O–H groups in total. The summed E-state index contributed by atoms with van der Waals surface area (Å²) < 4.78 is 7.45. The van der Waals surface area contributed by atoms with Gasteiger partial charge in [-0.15, -0.1) is 0 Å². The average Bonchev–Trinajstić information content (AvgIpc) is 3.37. The number of aromatic nitrogens is 2. The Kier molecular flexibility index (Phi) is 8.10. The van der Waals surface area contributed by atoms with Crippen LogP contribution in [-0.2, 0) is 22.7 Å². The largest absolute Gasteiger partial charge is 0.497 e. The third-order valence-corrected chi connectivity index (χ3v) is 6.60. The van der Waals surface area contributed by atoms with E-state index in [9.17, 15) is 19.2 Å². The van der Waals surface area contributed by atoms with Crippen molar-refractivity contribution in [3.63, 3.8) is 0 Å². The fourth-order valence-electron chi connectivity index (χ4n) is 4.53. The summed E-state index contributed by atoms with van der Waals surface area (Å²) in [6.45, 7) is -0.246. The molecule has 1 saturated carbocycles. The molecule has 0 saturated heterocycles. The molecule has 0 atom stereocenters. The molecule has 1 aliphatic rings. The Hall–Kier alpha value is -3.59. The lowest BCUT2D eigenvalue weighted by Crippen LogP contribution is -2.42. The van der Waals surface area contributed by atoms with Gasteiger partial charge < -0.3 is 15.4 Å². The van der Waals surface area contributed by atoms with E-state index in [4.69, 9.17) is 16.3 Å². The molecule has 10 heteroatoms. The number of carbonyl (C=O) groups is 2. The van der Waals surface area contributed by atoms with E-state index in [0.29, 0.717) is 28.4 Å². The van der Waals surface area contributed by atoms with Crippen LogP contribution in [0.15, 0.2) is 52.1 Å². The van der Waals surface area contributed by atoms with Gasteiger partial charge in [-0.3, -0.25) is 23.5 Å². The van der Waals surface area contributed by atoms with Crippen LogP contribution in [0.1, 0.15) is 38.5 Å². The first-order chi connectivity index (χ1) is 17.4. The number of ether oxygens (including phenoxy) is 1. The van der Waals surface area contributed by atoms with Crippen molar-refractivity contribution in [1.29, 1.82) is 0 Å². The summed E-state index contributed by atoms with van der Waals surface area (Å²) in [5.74, 6) is 0.133. The van der Waals surface area contributed by atoms with Crippen molar-refractivity contribution in [3.8, 4) is 5.75 Å². The van der Waals surface area contributed by atoms with Gasteiger partial charge in [-0.05, 0) is 61.7 Å². The minimum Gasteiger partial charge on any atom is -0.497 e. The summed E-state index contributed by atoms with van der Waals surface area (Å²) in [5.41, 5.74) is -0.256. The van der Waals surface area contributed by atoms with Crippen LogP contribution in [0.3, 0.4) is 0 Å². The Bertz CT molecular complexity index is 1370. The van der Waals surface area contributed by atoms with Crippen molar-refractivity contribution in [1.82, 2.24) is 14.5 Å². The molecule has 4 rings (SSSR count). The van der Waals surface area contributed by atoms with Crippen LogP contribution in [0.5, 0.6) is 5.75 Å². The Morgan fingerprint density at radius 1 is 1.03 bits per heavy atom. The van der Waals surface area contributed by atoms with Crippen molar-refractivity contribution in [2.24, 2.45) is 0 Å². The fourth-order valence-corrected chi connectivity index (χ4v) is 4.70. The molecule has 1 heterocycles. The summed E-state index contributed by atoms with van der Waals surface area (Å²) in [5, 5.41) is 6.34. The predicted octanol–water partition coefficient (Wildman–Crippen LogP) is 3.30. The minimum atomic E-state index is -0.615. The Morgan fingerprint density at radius 3 is 2.44 bits per heavy atom. The molecule has 2 amide bonds. The summed E-state index contributed by atoms with van der Waals surface area (Å²) in [6.07, 6.45) is 4.72. The molecule has 1 aliphatic carbocycles. The summed E-state index contributed by atoms with van der Waals surface area (Å²) in [7, 11) is 1.55. The second-order valence-electron chi connectivity index (χ2n) is 8.92. The van der Waals surface area contributed by atoms with Gasteiger partial charge in [0.2, 0.25) is 11.8 Å². The van der Waals surface area contributed by atoms with E-state index >= 15 is 0 Å². The van der Waals surface area contributed by atoms with E-state index < -0.39 is 17.2 Å². The van der Waals surface area contributed by atoms with Gasteiger partial charge >= 0.3 is 5.69 Å². The van der Waals surface area contributed by atoms with E-state index in [2.05, 4.69) is 10.6 Å². The lowest BCUT2D eigenvalue weighted by molar-refractivity contribution is -0.122. The molecule has 3 aromatic rings. The van der Waals surface area contributed by atoms with Gasteiger partial charge in [-0.1, -0.05) is 24.4 Å². The molecule has 36 heavy (non-hydrogen) atoms. The molecule has 0 aliphatic heterocycles. The number of anilines is 1. The highest BCUT2D eigenvalue weighted by Crippen LogP contribution is 2.19. The Morgan fingerprint density at radius 2 is 1.75 bits per heavy atom. The maximum atomic E-state index is 13.3. The molecule has 0 bridgehead atoms.